The molecule has 1 N–H and O–H groups in total. The molecule has 0 aliphatic heterocycles. The molecule has 0 aromatic heterocycles. The molecule has 0 radical (unpaired) electrons. The quantitative estimate of drug-likeness (QED) is 0.916. The van der Waals surface area contributed by atoms with Crippen molar-refractivity contribution in [3.8, 4) is 0 Å². The Morgan fingerprint density at radius 1 is 1.17 bits per heavy atom. The minimum atomic E-state index is -3.78. The SMILES string of the molecule is CC(=O)N(C)c1ccccc1NS(=O)(=O)c1ccc(Cl)c(C)c1. The third-order valence-electron chi connectivity index (χ3n) is 3.42. The Labute approximate surface area is 140 Å². The molecule has 23 heavy (non-hydrogen) atoms. The monoisotopic (exact) mass is 352 g/mol. The van der Waals surface area contributed by atoms with Gasteiger partial charge in [-0.05, 0) is 42.8 Å². The number of nitrogens with zero attached hydrogens (tertiary/aromatic N) is 1. The number of sulfonamides is 1. The predicted molar refractivity (Wildman–Crippen MR) is 92.5 cm³/mol. The number of hydrogen-bond acceptors (Lipinski definition) is 3. The van der Waals surface area contributed by atoms with E-state index in [0.717, 1.165) is 0 Å². The zero-order valence-electron chi connectivity index (χ0n) is 13.0. The molecule has 0 aliphatic carbocycles. The smallest absolute Gasteiger partial charge is 0.261 e. The first-order valence-electron chi connectivity index (χ1n) is 6.84. The van der Waals surface area contributed by atoms with Gasteiger partial charge < -0.3 is 4.90 Å². The van der Waals surface area contributed by atoms with Crippen LogP contribution in [0.2, 0.25) is 5.02 Å². The number of hydrogen-bond donors (Lipinski definition) is 1. The zero-order chi connectivity index (χ0) is 17.2. The number of para-hydroxylation sites is 2. The first-order chi connectivity index (χ1) is 10.7. The van der Waals surface area contributed by atoms with Gasteiger partial charge in [-0.25, -0.2) is 8.42 Å². The van der Waals surface area contributed by atoms with Crippen molar-refractivity contribution >= 4 is 38.9 Å². The lowest BCUT2D eigenvalue weighted by atomic mass is 10.2. The average molecular weight is 353 g/mol. The minimum absolute atomic E-state index is 0.111. The Hall–Kier alpha value is -2.05. The first-order valence-corrected chi connectivity index (χ1v) is 8.71. The summed E-state index contributed by atoms with van der Waals surface area (Å²) in [5.41, 5.74) is 1.48. The van der Waals surface area contributed by atoms with E-state index < -0.39 is 10.0 Å². The summed E-state index contributed by atoms with van der Waals surface area (Å²) in [4.78, 5) is 13.0. The van der Waals surface area contributed by atoms with Crippen molar-refractivity contribution in [2.45, 2.75) is 18.7 Å². The summed E-state index contributed by atoms with van der Waals surface area (Å²) in [6.07, 6.45) is 0. The maximum absolute atomic E-state index is 12.6. The highest BCUT2D eigenvalue weighted by Gasteiger charge is 2.18. The summed E-state index contributed by atoms with van der Waals surface area (Å²) in [6.45, 7) is 3.15. The van der Waals surface area contributed by atoms with Crippen LogP contribution in [0.1, 0.15) is 12.5 Å². The normalized spacial score (nSPS) is 11.1. The van der Waals surface area contributed by atoms with E-state index in [0.29, 0.717) is 22.0 Å². The van der Waals surface area contributed by atoms with Crippen molar-refractivity contribution in [3.63, 3.8) is 0 Å². The molecule has 0 spiro atoms. The molecule has 0 fully saturated rings. The second-order valence-corrected chi connectivity index (χ2v) is 7.20. The van der Waals surface area contributed by atoms with E-state index in [4.69, 9.17) is 11.6 Å². The molecule has 2 rings (SSSR count). The Morgan fingerprint density at radius 2 is 1.83 bits per heavy atom. The van der Waals surface area contributed by atoms with Crippen LogP contribution < -0.4 is 9.62 Å². The number of nitrogens with one attached hydrogen (secondary N) is 1. The molecule has 0 unspecified atom stereocenters. The number of amides is 1. The highest BCUT2D eigenvalue weighted by Crippen LogP contribution is 2.28. The van der Waals surface area contributed by atoms with Crippen molar-refractivity contribution in [1.29, 1.82) is 0 Å². The third-order valence-corrected chi connectivity index (χ3v) is 5.21. The van der Waals surface area contributed by atoms with Crippen LogP contribution in [0.25, 0.3) is 0 Å². The molecule has 7 heteroatoms. The first kappa shape index (κ1) is 17.3. The largest absolute Gasteiger partial charge is 0.314 e. The van der Waals surface area contributed by atoms with Gasteiger partial charge in [-0.3, -0.25) is 9.52 Å². The summed E-state index contributed by atoms with van der Waals surface area (Å²) in [6, 6.07) is 11.2. The zero-order valence-corrected chi connectivity index (χ0v) is 14.6. The molecule has 5 nitrogen and oxygen atoms in total. The second kappa shape index (κ2) is 6.60. The fourth-order valence-electron chi connectivity index (χ4n) is 2.01. The Kier molecular flexibility index (Phi) is 4.97. The number of carbonyl (C=O) groups excluding carboxylic acids is 1. The molecule has 0 bridgehead atoms. The predicted octanol–water partition coefficient (Wildman–Crippen LogP) is 3.43. The van der Waals surface area contributed by atoms with Crippen molar-refractivity contribution in [2.75, 3.05) is 16.7 Å². The van der Waals surface area contributed by atoms with E-state index in [1.807, 2.05) is 0 Å². The molecule has 0 aliphatic rings. The van der Waals surface area contributed by atoms with Gasteiger partial charge in [0.25, 0.3) is 10.0 Å². The van der Waals surface area contributed by atoms with Crippen LogP contribution >= 0.6 is 11.6 Å². The summed E-state index contributed by atoms with van der Waals surface area (Å²) < 4.78 is 27.6. The number of carbonyl (C=O) groups is 1. The lowest BCUT2D eigenvalue weighted by Gasteiger charge is -2.20. The molecule has 0 atom stereocenters. The average Bonchev–Trinajstić information content (AvgIpc) is 2.49. The maximum atomic E-state index is 12.6. The molecule has 0 heterocycles. The Balaban J connectivity index is 2.42. The lowest BCUT2D eigenvalue weighted by Crippen LogP contribution is -2.25. The van der Waals surface area contributed by atoms with Gasteiger partial charge in [0.05, 0.1) is 16.3 Å². The van der Waals surface area contributed by atoms with Gasteiger partial charge >= 0.3 is 0 Å². The number of halogens is 1. The summed E-state index contributed by atoms with van der Waals surface area (Å²) in [5.74, 6) is -0.195. The van der Waals surface area contributed by atoms with E-state index >= 15 is 0 Å². The highest BCUT2D eigenvalue weighted by atomic mass is 35.5. The van der Waals surface area contributed by atoms with Gasteiger partial charge in [0.1, 0.15) is 0 Å². The van der Waals surface area contributed by atoms with E-state index in [-0.39, 0.29) is 10.8 Å². The molecule has 122 valence electrons. The number of benzene rings is 2. The van der Waals surface area contributed by atoms with Crippen molar-refractivity contribution in [2.24, 2.45) is 0 Å². The standard InChI is InChI=1S/C16H17ClN2O3S/c1-11-10-13(8-9-14(11)17)23(21,22)18-15-6-4-5-7-16(15)19(3)12(2)20/h4-10,18H,1-3H3. The van der Waals surface area contributed by atoms with Gasteiger partial charge in [0.2, 0.25) is 5.91 Å². The fourth-order valence-corrected chi connectivity index (χ4v) is 3.29. The minimum Gasteiger partial charge on any atom is -0.314 e. The molecule has 0 saturated heterocycles. The van der Waals surface area contributed by atoms with Crippen LogP contribution in [0, 0.1) is 6.92 Å². The van der Waals surface area contributed by atoms with Gasteiger partial charge in [0, 0.05) is 19.0 Å². The van der Waals surface area contributed by atoms with E-state index in [1.54, 1.807) is 44.3 Å². The van der Waals surface area contributed by atoms with Crippen LogP contribution in [-0.4, -0.2) is 21.4 Å². The van der Waals surface area contributed by atoms with Crippen LogP contribution in [0.3, 0.4) is 0 Å². The van der Waals surface area contributed by atoms with E-state index in [9.17, 15) is 13.2 Å². The molecule has 2 aromatic carbocycles. The summed E-state index contributed by atoms with van der Waals surface area (Å²) in [5, 5.41) is 0.501. The van der Waals surface area contributed by atoms with Crippen molar-refractivity contribution in [1.82, 2.24) is 0 Å². The Bertz CT molecular complexity index is 850. The van der Waals surface area contributed by atoms with Crippen LogP contribution in [0.4, 0.5) is 11.4 Å². The van der Waals surface area contributed by atoms with Crippen LogP contribution in [-0.2, 0) is 14.8 Å². The lowest BCUT2D eigenvalue weighted by molar-refractivity contribution is -0.116. The molecule has 1 amide bonds. The number of anilines is 2. The van der Waals surface area contributed by atoms with Gasteiger partial charge in [-0.2, -0.15) is 0 Å². The maximum Gasteiger partial charge on any atom is 0.261 e. The summed E-state index contributed by atoms with van der Waals surface area (Å²) >= 11 is 5.93. The molecular weight excluding hydrogens is 336 g/mol. The molecule has 2 aromatic rings. The van der Waals surface area contributed by atoms with Crippen LogP contribution in [0.15, 0.2) is 47.4 Å². The van der Waals surface area contributed by atoms with Crippen molar-refractivity contribution < 1.29 is 13.2 Å². The second-order valence-electron chi connectivity index (χ2n) is 5.11. The van der Waals surface area contributed by atoms with Crippen molar-refractivity contribution in [3.05, 3.63) is 53.1 Å². The van der Waals surface area contributed by atoms with Gasteiger partial charge in [0.15, 0.2) is 0 Å². The highest BCUT2D eigenvalue weighted by molar-refractivity contribution is 7.92. The molecule has 0 saturated carbocycles. The van der Waals surface area contributed by atoms with Gasteiger partial charge in [-0.15, -0.1) is 0 Å². The molecular formula is C16H17ClN2O3S. The van der Waals surface area contributed by atoms with E-state index in [1.165, 1.54) is 24.0 Å². The van der Waals surface area contributed by atoms with E-state index in [2.05, 4.69) is 4.72 Å². The number of aryl methyl sites for hydroxylation is 1. The topological polar surface area (TPSA) is 66.5 Å². The van der Waals surface area contributed by atoms with Gasteiger partial charge in [-0.1, -0.05) is 23.7 Å². The Morgan fingerprint density at radius 3 is 2.43 bits per heavy atom. The fraction of sp³-hybridized carbons (Fsp3) is 0.188. The van der Waals surface area contributed by atoms with Crippen LogP contribution in [0.5, 0.6) is 0 Å². The summed E-state index contributed by atoms with van der Waals surface area (Å²) in [7, 11) is -2.20. The third kappa shape index (κ3) is 3.83. The number of rotatable bonds is 4.